The minimum Gasteiger partial charge on any atom is -0.506 e. The number of nitrogens with one attached hydrogen (secondary N) is 2. The number of phenolic OH excluding ortho intramolecular Hbond substituents is 1. The summed E-state index contributed by atoms with van der Waals surface area (Å²) in [5, 5.41) is 25.6. The number of halogens is 1. The van der Waals surface area contributed by atoms with Crippen molar-refractivity contribution < 1.29 is 14.4 Å². The third-order valence-corrected chi connectivity index (χ3v) is 2.73. The second-order valence-corrected chi connectivity index (χ2v) is 4.46. The summed E-state index contributed by atoms with van der Waals surface area (Å²) in [6, 6.07) is 9.12. The number of benzene rings is 2. The average molecular weight is 307 g/mol. The van der Waals surface area contributed by atoms with Crippen molar-refractivity contribution >= 4 is 34.4 Å². The van der Waals surface area contributed by atoms with Gasteiger partial charge in [0.2, 0.25) is 0 Å². The molecule has 0 unspecified atom stereocenters. The summed E-state index contributed by atoms with van der Waals surface area (Å²) >= 11 is 5.00. The van der Waals surface area contributed by atoms with E-state index < -0.39 is 10.7 Å². The monoisotopic (exact) mass is 307 g/mol. The molecule has 0 saturated heterocycles. The zero-order valence-electron chi connectivity index (χ0n) is 10.5. The molecule has 2 aromatic carbocycles. The lowest BCUT2D eigenvalue weighted by Gasteiger charge is -2.11. The van der Waals surface area contributed by atoms with Gasteiger partial charge in [0.1, 0.15) is 11.6 Å². The Bertz CT molecular complexity index is 709. The van der Waals surface area contributed by atoms with Crippen LogP contribution < -0.4 is 10.6 Å². The number of hydrogen-bond acceptors (Lipinski definition) is 4. The van der Waals surface area contributed by atoms with Gasteiger partial charge in [0.25, 0.3) is 5.69 Å². The van der Waals surface area contributed by atoms with E-state index in [0.29, 0.717) is 5.69 Å². The van der Waals surface area contributed by atoms with E-state index in [1.54, 1.807) is 6.07 Å². The summed E-state index contributed by atoms with van der Waals surface area (Å²) in [6.07, 6.45) is 0. The molecular formula is C13H10FN3O3S. The molecule has 108 valence electrons. The first kappa shape index (κ1) is 14.7. The minimum absolute atomic E-state index is 0.0661. The van der Waals surface area contributed by atoms with E-state index in [2.05, 4.69) is 10.6 Å². The molecule has 0 aliphatic rings. The van der Waals surface area contributed by atoms with Crippen molar-refractivity contribution in [3.05, 3.63) is 58.4 Å². The molecule has 0 aliphatic carbocycles. The zero-order chi connectivity index (χ0) is 15.4. The Morgan fingerprint density at radius 1 is 1.24 bits per heavy atom. The molecule has 2 rings (SSSR count). The van der Waals surface area contributed by atoms with Gasteiger partial charge in [0, 0.05) is 23.9 Å². The topological polar surface area (TPSA) is 87.4 Å². The Kier molecular flexibility index (Phi) is 4.29. The van der Waals surface area contributed by atoms with Crippen LogP contribution in [0.3, 0.4) is 0 Å². The van der Waals surface area contributed by atoms with E-state index >= 15 is 0 Å². The quantitative estimate of drug-likeness (QED) is 0.349. The Morgan fingerprint density at radius 3 is 2.71 bits per heavy atom. The molecule has 21 heavy (non-hydrogen) atoms. The number of non-ortho nitro benzene ring substituents is 1. The maximum Gasteiger partial charge on any atom is 0.271 e. The van der Waals surface area contributed by atoms with Crippen LogP contribution in [0.25, 0.3) is 0 Å². The highest BCUT2D eigenvalue weighted by atomic mass is 32.1. The van der Waals surface area contributed by atoms with Crippen LogP contribution >= 0.6 is 12.2 Å². The highest BCUT2D eigenvalue weighted by Crippen LogP contribution is 2.24. The Labute approximate surface area is 124 Å². The van der Waals surface area contributed by atoms with E-state index in [1.165, 1.54) is 24.3 Å². The van der Waals surface area contributed by atoms with Gasteiger partial charge < -0.3 is 15.7 Å². The van der Waals surface area contributed by atoms with Crippen LogP contribution in [0.4, 0.5) is 21.5 Å². The maximum absolute atomic E-state index is 13.1. The van der Waals surface area contributed by atoms with Gasteiger partial charge in [-0.15, -0.1) is 0 Å². The number of nitro benzene ring substituents is 1. The SMILES string of the molecule is O=[N+]([O-])c1cccc(NC(=S)Nc2cc(F)ccc2O)c1. The number of nitrogens with zero attached hydrogens (tertiary/aromatic N) is 1. The Hall–Kier alpha value is -2.74. The largest absolute Gasteiger partial charge is 0.506 e. The van der Waals surface area contributed by atoms with Crippen LogP contribution in [0, 0.1) is 15.9 Å². The number of thiocarbonyl (C=S) groups is 1. The minimum atomic E-state index is -0.534. The highest BCUT2D eigenvalue weighted by molar-refractivity contribution is 7.80. The average Bonchev–Trinajstić information content (AvgIpc) is 2.43. The molecule has 3 N–H and O–H groups in total. The summed E-state index contributed by atoms with van der Waals surface area (Å²) in [7, 11) is 0. The molecule has 0 fully saturated rings. The van der Waals surface area contributed by atoms with Crippen LogP contribution in [0.5, 0.6) is 5.75 Å². The summed E-state index contributed by atoms with van der Waals surface area (Å²) in [5.41, 5.74) is 0.409. The van der Waals surface area contributed by atoms with E-state index in [-0.39, 0.29) is 22.2 Å². The Morgan fingerprint density at radius 2 is 2.00 bits per heavy atom. The fraction of sp³-hybridized carbons (Fsp3) is 0. The molecule has 6 nitrogen and oxygen atoms in total. The first-order valence-corrected chi connectivity index (χ1v) is 6.17. The molecule has 0 aliphatic heterocycles. The lowest BCUT2D eigenvalue weighted by Crippen LogP contribution is -2.19. The predicted octanol–water partition coefficient (Wildman–Crippen LogP) is 3.25. The normalized spacial score (nSPS) is 9.95. The van der Waals surface area contributed by atoms with Crippen LogP contribution in [0.2, 0.25) is 0 Å². The van der Waals surface area contributed by atoms with Gasteiger partial charge in [-0.05, 0) is 30.4 Å². The molecule has 0 spiro atoms. The molecular weight excluding hydrogens is 297 g/mol. The second kappa shape index (κ2) is 6.14. The second-order valence-electron chi connectivity index (χ2n) is 4.05. The van der Waals surface area contributed by atoms with Gasteiger partial charge in [-0.3, -0.25) is 10.1 Å². The lowest BCUT2D eigenvalue weighted by atomic mass is 10.3. The van der Waals surface area contributed by atoms with Crippen LogP contribution in [0.1, 0.15) is 0 Å². The van der Waals surface area contributed by atoms with E-state index in [1.807, 2.05) is 0 Å². The van der Waals surface area contributed by atoms with Gasteiger partial charge >= 0.3 is 0 Å². The number of phenols is 1. The van der Waals surface area contributed by atoms with Crippen LogP contribution in [0.15, 0.2) is 42.5 Å². The van der Waals surface area contributed by atoms with Crippen LogP contribution in [-0.4, -0.2) is 15.1 Å². The number of hydrogen-bond donors (Lipinski definition) is 3. The maximum atomic E-state index is 13.1. The van der Waals surface area contributed by atoms with Crippen molar-refractivity contribution in [1.29, 1.82) is 0 Å². The lowest BCUT2D eigenvalue weighted by molar-refractivity contribution is -0.384. The predicted molar refractivity (Wildman–Crippen MR) is 81.0 cm³/mol. The molecule has 0 atom stereocenters. The zero-order valence-corrected chi connectivity index (χ0v) is 11.4. The van der Waals surface area contributed by atoms with Crippen LogP contribution in [-0.2, 0) is 0 Å². The summed E-state index contributed by atoms with van der Waals surface area (Å²) in [6.45, 7) is 0. The third kappa shape index (κ3) is 3.86. The molecule has 0 heterocycles. The number of nitro groups is 1. The summed E-state index contributed by atoms with van der Waals surface area (Å²) in [5.74, 6) is -0.701. The van der Waals surface area contributed by atoms with Crippen molar-refractivity contribution in [1.82, 2.24) is 0 Å². The van der Waals surface area contributed by atoms with Gasteiger partial charge in [0.15, 0.2) is 5.11 Å². The molecule has 0 bridgehead atoms. The van der Waals surface area contributed by atoms with Gasteiger partial charge in [-0.25, -0.2) is 4.39 Å². The van der Waals surface area contributed by atoms with Gasteiger partial charge in [-0.1, -0.05) is 6.07 Å². The van der Waals surface area contributed by atoms with Gasteiger partial charge in [-0.2, -0.15) is 0 Å². The Balaban J connectivity index is 2.10. The fourth-order valence-corrected chi connectivity index (χ4v) is 1.82. The number of aromatic hydroxyl groups is 1. The first-order valence-electron chi connectivity index (χ1n) is 5.76. The van der Waals surface area contributed by atoms with E-state index in [4.69, 9.17) is 12.2 Å². The van der Waals surface area contributed by atoms with Crippen molar-refractivity contribution in [3.8, 4) is 5.75 Å². The first-order chi connectivity index (χ1) is 9.95. The number of rotatable bonds is 3. The highest BCUT2D eigenvalue weighted by Gasteiger charge is 2.08. The summed E-state index contributed by atoms with van der Waals surface area (Å²) < 4.78 is 13.1. The summed E-state index contributed by atoms with van der Waals surface area (Å²) in [4.78, 5) is 10.1. The van der Waals surface area contributed by atoms with Crippen molar-refractivity contribution in [3.63, 3.8) is 0 Å². The smallest absolute Gasteiger partial charge is 0.271 e. The molecule has 0 aromatic heterocycles. The van der Waals surface area contributed by atoms with Gasteiger partial charge in [0.05, 0.1) is 10.6 Å². The van der Waals surface area contributed by atoms with Crippen molar-refractivity contribution in [2.45, 2.75) is 0 Å². The molecule has 0 saturated carbocycles. The van der Waals surface area contributed by atoms with E-state index in [0.717, 1.165) is 12.1 Å². The number of anilines is 2. The fourth-order valence-electron chi connectivity index (χ4n) is 1.59. The standard InChI is InChI=1S/C13H10FN3O3S/c14-8-4-5-12(18)11(6-8)16-13(21)15-9-2-1-3-10(7-9)17(19)20/h1-7,18H,(H2,15,16,21). The molecule has 2 aromatic rings. The van der Waals surface area contributed by atoms with Crippen molar-refractivity contribution in [2.24, 2.45) is 0 Å². The van der Waals surface area contributed by atoms with E-state index in [9.17, 15) is 19.6 Å². The third-order valence-electron chi connectivity index (χ3n) is 2.52. The molecule has 0 radical (unpaired) electrons. The molecule has 0 amide bonds. The molecule has 8 heteroatoms. The van der Waals surface area contributed by atoms with Crippen molar-refractivity contribution in [2.75, 3.05) is 10.6 Å².